The molecule has 3 nitrogen and oxygen atoms in total. The Kier molecular flexibility index (Phi) is 3.34. The van der Waals surface area contributed by atoms with E-state index < -0.39 is 35.0 Å². The second kappa shape index (κ2) is 4.33. The van der Waals surface area contributed by atoms with Crippen molar-refractivity contribution in [1.29, 1.82) is 0 Å². The van der Waals surface area contributed by atoms with Gasteiger partial charge in [-0.15, -0.1) is 0 Å². The fraction of sp³-hybridized carbons (Fsp3) is 0.400. The molecule has 0 spiro atoms. The fourth-order valence-corrected chi connectivity index (χ4v) is 1.46. The zero-order valence-corrected chi connectivity index (χ0v) is 8.37. The molecule has 0 fully saturated rings. The van der Waals surface area contributed by atoms with Gasteiger partial charge >= 0.3 is 5.97 Å². The van der Waals surface area contributed by atoms with Gasteiger partial charge in [0.25, 0.3) is 0 Å². The van der Waals surface area contributed by atoms with Crippen LogP contribution in [0.15, 0.2) is 12.4 Å². The number of aromatic nitrogens is 1. The number of nitrogens with zero attached hydrogens (tertiary/aromatic N) is 1. The number of hydrogen-bond acceptors (Lipinski definition) is 2. The van der Waals surface area contributed by atoms with Crippen LogP contribution in [0.25, 0.3) is 0 Å². The second-order valence-corrected chi connectivity index (χ2v) is 3.58. The molecular weight excluding hydrogens is 204 g/mol. The Labute approximate surface area is 85.8 Å². The molecule has 0 radical (unpaired) electrons. The summed E-state index contributed by atoms with van der Waals surface area (Å²) >= 11 is 0. The normalized spacial score (nSPS) is 12.9. The van der Waals surface area contributed by atoms with Gasteiger partial charge < -0.3 is 5.11 Å². The summed E-state index contributed by atoms with van der Waals surface area (Å²) in [5.74, 6) is -4.66. The number of carboxylic acids is 1. The molecule has 82 valence electrons. The Bertz CT molecular complexity index is 359. The van der Waals surface area contributed by atoms with Gasteiger partial charge in [0.1, 0.15) is 11.6 Å². The third-order valence-corrected chi connectivity index (χ3v) is 2.13. The van der Waals surface area contributed by atoms with Crippen LogP contribution in [0.5, 0.6) is 0 Å². The molecule has 0 bridgehead atoms. The Morgan fingerprint density at radius 3 is 2.13 bits per heavy atom. The summed E-state index contributed by atoms with van der Waals surface area (Å²) in [4.78, 5) is 14.2. The third kappa shape index (κ3) is 2.29. The highest BCUT2D eigenvalue weighted by Crippen LogP contribution is 2.28. The fourth-order valence-electron chi connectivity index (χ4n) is 1.46. The predicted octanol–water partition coefficient (Wildman–Crippen LogP) is 2.18. The lowest BCUT2D eigenvalue weighted by molar-refractivity contribution is -0.140. The number of halogens is 2. The van der Waals surface area contributed by atoms with Crippen LogP contribution in [0.3, 0.4) is 0 Å². The Balaban J connectivity index is 3.28. The van der Waals surface area contributed by atoms with Crippen LogP contribution in [0.2, 0.25) is 0 Å². The van der Waals surface area contributed by atoms with Crippen molar-refractivity contribution in [1.82, 2.24) is 4.98 Å². The summed E-state index contributed by atoms with van der Waals surface area (Å²) < 4.78 is 26.5. The van der Waals surface area contributed by atoms with Gasteiger partial charge in [-0.1, -0.05) is 13.8 Å². The second-order valence-electron chi connectivity index (χ2n) is 3.58. The van der Waals surface area contributed by atoms with E-state index in [1.807, 2.05) is 0 Å². The number of carboxylic acid groups (broad SMARTS) is 1. The van der Waals surface area contributed by atoms with Crippen LogP contribution in [0, 0.1) is 17.6 Å². The molecule has 5 heteroatoms. The van der Waals surface area contributed by atoms with Crippen molar-refractivity contribution in [2.45, 2.75) is 19.8 Å². The minimum absolute atomic E-state index is 0.395. The van der Waals surface area contributed by atoms with Gasteiger partial charge in [-0.05, 0) is 5.92 Å². The molecule has 1 unspecified atom stereocenters. The molecule has 15 heavy (non-hydrogen) atoms. The Morgan fingerprint density at radius 1 is 1.33 bits per heavy atom. The molecule has 0 aliphatic heterocycles. The lowest BCUT2D eigenvalue weighted by Crippen LogP contribution is -2.20. The van der Waals surface area contributed by atoms with Gasteiger partial charge in [0.05, 0.1) is 18.3 Å². The van der Waals surface area contributed by atoms with E-state index in [-0.39, 0.29) is 0 Å². The van der Waals surface area contributed by atoms with E-state index in [4.69, 9.17) is 5.11 Å². The highest BCUT2D eigenvalue weighted by atomic mass is 19.1. The first-order valence-electron chi connectivity index (χ1n) is 4.46. The quantitative estimate of drug-likeness (QED) is 0.840. The maximum absolute atomic E-state index is 13.3. The zero-order chi connectivity index (χ0) is 11.6. The number of carbonyl (C=O) groups is 1. The molecule has 1 aromatic rings. The van der Waals surface area contributed by atoms with Crippen LogP contribution in [-0.2, 0) is 4.79 Å². The third-order valence-electron chi connectivity index (χ3n) is 2.13. The van der Waals surface area contributed by atoms with Gasteiger partial charge in [-0.25, -0.2) is 8.78 Å². The molecule has 1 rings (SSSR count). The minimum Gasteiger partial charge on any atom is -0.481 e. The van der Waals surface area contributed by atoms with Crippen LogP contribution in [0.4, 0.5) is 8.78 Å². The summed E-state index contributed by atoms with van der Waals surface area (Å²) in [5, 5.41) is 8.89. The van der Waals surface area contributed by atoms with Gasteiger partial charge in [0.2, 0.25) is 0 Å². The average Bonchev–Trinajstić information content (AvgIpc) is 2.09. The van der Waals surface area contributed by atoms with Gasteiger partial charge in [0.15, 0.2) is 0 Å². The number of aliphatic carboxylic acids is 1. The highest BCUT2D eigenvalue weighted by Gasteiger charge is 2.29. The molecule has 1 aromatic heterocycles. The highest BCUT2D eigenvalue weighted by molar-refractivity contribution is 5.76. The van der Waals surface area contributed by atoms with Crippen molar-refractivity contribution in [3.8, 4) is 0 Å². The van der Waals surface area contributed by atoms with Crippen molar-refractivity contribution in [2.75, 3.05) is 0 Å². The molecule has 0 saturated carbocycles. The van der Waals surface area contributed by atoms with Gasteiger partial charge in [0, 0.05) is 5.56 Å². The lowest BCUT2D eigenvalue weighted by atomic mass is 9.88. The summed E-state index contributed by atoms with van der Waals surface area (Å²) in [7, 11) is 0. The summed E-state index contributed by atoms with van der Waals surface area (Å²) in [6, 6.07) is 0. The standard InChI is InChI=1S/C10H11F2NO2/c1-5(2)8(10(14)15)9-6(11)3-13-4-7(9)12/h3-5,8H,1-2H3,(H,14,15). The molecule has 0 aliphatic carbocycles. The summed E-state index contributed by atoms with van der Waals surface area (Å²) in [6.07, 6.45) is 1.63. The smallest absolute Gasteiger partial charge is 0.311 e. The Morgan fingerprint density at radius 2 is 1.80 bits per heavy atom. The SMILES string of the molecule is CC(C)C(C(=O)O)c1c(F)cncc1F. The first-order valence-corrected chi connectivity index (χ1v) is 4.46. The maximum atomic E-state index is 13.3. The van der Waals surface area contributed by atoms with Crippen molar-refractivity contribution in [2.24, 2.45) is 5.92 Å². The van der Waals surface area contributed by atoms with E-state index in [2.05, 4.69) is 4.98 Å². The molecule has 1 N–H and O–H groups in total. The summed E-state index contributed by atoms with van der Waals surface area (Å²) in [6.45, 7) is 3.19. The number of pyridine rings is 1. The summed E-state index contributed by atoms with van der Waals surface area (Å²) in [5.41, 5.74) is -0.424. The van der Waals surface area contributed by atoms with Gasteiger partial charge in [-0.3, -0.25) is 9.78 Å². The molecule has 1 heterocycles. The van der Waals surface area contributed by atoms with Crippen LogP contribution in [-0.4, -0.2) is 16.1 Å². The van der Waals surface area contributed by atoms with E-state index in [1.54, 1.807) is 13.8 Å². The number of rotatable bonds is 3. The molecule has 0 saturated heterocycles. The predicted molar refractivity (Wildman–Crippen MR) is 49.4 cm³/mol. The van der Waals surface area contributed by atoms with E-state index in [0.717, 1.165) is 12.4 Å². The first kappa shape index (κ1) is 11.6. The average molecular weight is 215 g/mol. The minimum atomic E-state index is -1.24. The van der Waals surface area contributed by atoms with Crippen LogP contribution < -0.4 is 0 Å². The van der Waals surface area contributed by atoms with Crippen LogP contribution >= 0.6 is 0 Å². The largest absolute Gasteiger partial charge is 0.481 e. The van der Waals surface area contributed by atoms with E-state index in [9.17, 15) is 13.6 Å². The van der Waals surface area contributed by atoms with Crippen molar-refractivity contribution in [3.63, 3.8) is 0 Å². The molecule has 0 amide bonds. The van der Waals surface area contributed by atoms with E-state index in [0.29, 0.717) is 0 Å². The molecule has 0 aromatic carbocycles. The molecular formula is C10H11F2NO2. The van der Waals surface area contributed by atoms with Gasteiger partial charge in [-0.2, -0.15) is 0 Å². The van der Waals surface area contributed by atoms with E-state index >= 15 is 0 Å². The number of hydrogen-bond donors (Lipinski definition) is 1. The van der Waals surface area contributed by atoms with E-state index in [1.165, 1.54) is 0 Å². The lowest BCUT2D eigenvalue weighted by Gasteiger charge is -2.17. The Hall–Kier alpha value is -1.52. The zero-order valence-electron chi connectivity index (χ0n) is 8.37. The maximum Gasteiger partial charge on any atom is 0.311 e. The monoisotopic (exact) mass is 215 g/mol. The first-order chi connectivity index (χ1) is 6.95. The topological polar surface area (TPSA) is 50.2 Å². The van der Waals surface area contributed by atoms with Crippen molar-refractivity contribution < 1.29 is 18.7 Å². The molecule has 0 aliphatic rings. The molecule has 1 atom stereocenters. The van der Waals surface area contributed by atoms with Crippen molar-refractivity contribution in [3.05, 3.63) is 29.6 Å². The van der Waals surface area contributed by atoms with Crippen LogP contribution in [0.1, 0.15) is 25.3 Å². The van der Waals surface area contributed by atoms with Crippen molar-refractivity contribution >= 4 is 5.97 Å².